The molecular weight excluding hydrogens is 300 g/mol. The summed E-state index contributed by atoms with van der Waals surface area (Å²) in [6.07, 6.45) is 1.11. The normalized spacial score (nSPS) is 17.6. The van der Waals surface area contributed by atoms with E-state index >= 15 is 0 Å². The third kappa shape index (κ3) is 2.23. The molecular formula is C16H17BrN2. The van der Waals surface area contributed by atoms with Crippen molar-refractivity contribution in [2.24, 2.45) is 0 Å². The van der Waals surface area contributed by atoms with Gasteiger partial charge in [-0.05, 0) is 37.1 Å². The van der Waals surface area contributed by atoms with E-state index in [1.807, 2.05) is 12.1 Å². The molecule has 2 aromatic rings. The summed E-state index contributed by atoms with van der Waals surface area (Å²) in [4.78, 5) is 2.44. The van der Waals surface area contributed by atoms with Gasteiger partial charge < -0.3 is 10.6 Å². The van der Waals surface area contributed by atoms with Crippen molar-refractivity contribution in [3.63, 3.8) is 0 Å². The van der Waals surface area contributed by atoms with Crippen molar-refractivity contribution >= 4 is 27.3 Å². The van der Waals surface area contributed by atoms with Gasteiger partial charge in [0.25, 0.3) is 0 Å². The first-order chi connectivity index (χ1) is 9.16. The molecule has 1 atom stereocenters. The number of halogens is 1. The van der Waals surface area contributed by atoms with Crippen molar-refractivity contribution < 1.29 is 0 Å². The van der Waals surface area contributed by atoms with E-state index in [2.05, 4.69) is 58.1 Å². The van der Waals surface area contributed by atoms with E-state index < -0.39 is 0 Å². The van der Waals surface area contributed by atoms with Crippen LogP contribution in [0.3, 0.4) is 0 Å². The van der Waals surface area contributed by atoms with Gasteiger partial charge >= 0.3 is 0 Å². The van der Waals surface area contributed by atoms with Gasteiger partial charge in [-0.25, -0.2) is 0 Å². The average molecular weight is 317 g/mol. The molecule has 0 saturated carbocycles. The van der Waals surface area contributed by atoms with Gasteiger partial charge in [0.15, 0.2) is 0 Å². The molecule has 2 nitrogen and oxygen atoms in total. The van der Waals surface area contributed by atoms with Crippen LogP contribution in [0.2, 0.25) is 0 Å². The van der Waals surface area contributed by atoms with Gasteiger partial charge in [-0.2, -0.15) is 0 Å². The van der Waals surface area contributed by atoms with Gasteiger partial charge in [0.05, 0.1) is 0 Å². The van der Waals surface area contributed by atoms with Crippen molar-refractivity contribution in [1.29, 1.82) is 0 Å². The highest BCUT2D eigenvalue weighted by atomic mass is 79.9. The molecule has 98 valence electrons. The molecule has 19 heavy (non-hydrogen) atoms. The minimum atomic E-state index is 0.518. The molecule has 1 heterocycles. The number of anilines is 2. The fourth-order valence-corrected chi connectivity index (χ4v) is 3.29. The van der Waals surface area contributed by atoms with E-state index in [4.69, 9.17) is 5.73 Å². The predicted molar refractivity (Wildman–Crippen MR) is 84.3 cm³/mol. The minimum Gasteiger partial charge on any atom is -0.398 e. The molecule has 1 aliphatic rings. The quantitative estimate of drug-likeness (QED) is 0.849. The minimum absolute atomic E-state index is 0.518. The lowest BCUT2D eigenvalue weighted by Crippen LogP contribution is -2.29. The summed E-state index contributed by atoms with van der Waals surface area (Å²) in [5.41, 5.74) is 10.9. The Hall–Kier alpha value is -1.48. The summed E-state index contributed by atoms with van der Waals surface area (Å²) < 4.78 is 1.09. The highest BCUT2D eigenvalue weighted by Gasteiger charge is 2.26. The average Bonchev–Trinajstić information content (AvgIpc) is 2.70. The lowest BCUT2D eigenvalue weighted by molar-refractivity contribution is 0.672. The van der Waals surface area contributed by atoms with Gasteiger partial charge in [-0.1, -0.05) is 40.2 Å². The first kappa shape index (κ1) is 12.5. The smallest absolute Gasteiger partial charge is 0.0464 e. The van der Waals surface area contributed by atoms with Crippen LogP contribution < -0.4 is 10.6 Å². The molecule has 0 bridgehead atoms. The van der Waals surface area contributed by atoms with E-state index in [1.54, 1.807) is 0 Å². The van der Waals surface area contributed by atoms with Crippen LogP contribution in [0.25, 0.3) is 0 Å². The van der Waals surface area contributed by atoms with Crippen LogP contribution in [-0.4, -0.2) is 6.04 Å². The first-order valence-electron chi connectivity index (χ1n) is 6.54. The van der Waals surface area contributed by atoms with Crippen LogP contribution in [0.15, 0.2) is 46.9 Å². The molecule has 2 aromatic carbocycles. The van der Waals surface area contributed by atoms with Gasteiger partial charge in [-0.15, -0.1) is 0 Å². The molecule has 0 aliphatic carbocycles. The Morgan fingerprint density at radius 3 is 2.79 bits per heavy atom. The lowest BCUT2D eigenvalue weighted by atomic mass is 10.1. The molecule has 0 radical (unpaired) electrons. The van der Waals surface area contributed by atoms with E-state index in [-0.39, 0.29) is 0 Å². The number of nitrogen functional groups attached to an aromatic ring is 1. The van der Waals surface area contributed by atoms with E-state index in [1.165, 1.54) is 16.8 Å². The maximum Gasteiger partial charge on any atom is 0.0464 e. The SMILES string of the molecule is CC1Cc2ccccc2N1Cc1c(N)cccc1Br. The zero-order valence-corrected chi connectivity index (χ0v) is 12.5. The Morgan fingerprint density at radius 2 is 2.00 bits per heavy atom. The number of nitrogens with two attached hydrogens (primary N) is 1. The molecule has 0 aromatic heterocycles. The monoisotopic (exact) mass is 316 g/mol. The molecule has 0 fully saturated rings. The number of benzene rings is 2. The van der Waals surface area contributed by atoms with E-state index in [9.17, 15) is 0 Å². The zero-order valence-electron chi connectivity index (χ0n) is 10.9. The Morgan fingerprint density at radius 1 is 1.21 bits per heavy atom. The summed E-state index contributed by atoms with van der Waals surface area (Å²) in [5.74, 6) is 0. The predicted octanol–water partition coefficient (Wildman–Crippen LogP) is 3.98. The van der Waals surface area contributed by atoms with Crippen LogP contribution in [0.1, 0.15) is 18.1 Å². The third-order valence-corrected chi connectivity index (χ3v) is 4.57. The number of hydrogen-bond acceptors (Lipinski definition) is 2. The van der Waals surface area contributed by atoms with Gasteiger partial charge in [0, 0.05) is 34.0 Å². The second kappa shape index (κ2) is 4.89. The van der Waals surface area contributed by atoms with Crippen LogP contribution in [-0.2, 0) is 13.0 Å². The summed E-state index contributed by atoms with van der Waals surface area (Å²) in [7, 11) is 0. The van der Waals surface area contributed by atoms with Crippen LogP contribution in [0.4, 0.5) is 11.4 Å². The molecule has 0 saturated heterocycles. The Labute approximate surface area is 122 Å². The maximum atomic E-state index is 6.11. The van der Waals surface area contributed by atoms with Gasteiger partial charge in [0.1, 0.15) is 0 Å². The molecule has 1 aliphatic heterocycles. The van der Waals surface area contributed by atoms with Crippen LogP contribution in [0.5, 0.6) is 0 Å². The topological polar surface area (TPSA) is 29.3 Å². The van der Waals surface area contributed by atoms with Crippen molar-refractivity contribution in [2.45, 2.75) is 25.9 Å². The summed E-state index contributed by atoms with van der Waals surface area (Å²) in [6.45, 7) is 3.12. The number of rotatable bonds is 2. The summed E-state index contributed by atoms with van der Waals surface area (Å²) in [5, 5.41) is 0. The van der Waals surface area contributed by atoms with Crippen LogP contribution in [0, 0.1) is 0 Å². The zero-order chi connectivity index (χ0) is 13.4. The van der Waals surface area contributed by atoms with Gasteiger partial charge in [-0.3, -0.25) is 0 Å². The van der Waals surface area contributed by atoms with E-state index in [0.717, 1.165) is 23.1 Å². The molecule has 0 spiro atoms. The summed E-state index contributed by atoms with van der Waals surface area (Å²) in [6, 6.07) is 15.1. The fraction of sp³-hybridized carbons (Fsp3) is 0.250. The van der Waals surface area contributed by atoms with Crippen molar-refractivity contribution in [1.82, 2.24) is 0 Å². The third-order valence-electron chi connectivity index (χ3n) is 3.83. The second-order valence-electron chi connectivity index (χ2n) is 5.12. The molecule has 3 rings (SSSR count). The first-order valence-corrected chi connectivity index (χ1v) is 7.33. The number of hydrogen-bond donors (Lipinski definition) is 1. The van der Waals surface area contributed by atoms with Gasteiger partial charge in [0.2, 0.25) is 0 Å². The highest BCUT2D eigenvalue weighted by Crippen LogP contribution is 2.35. The fourth-order valence-electron chi connectivity index (χ4n) is 2.78. The Bertz CT molecular complexity index is 589. The van der Waals surface area contributed by atoms with Crippen molar-refractivity contribution in [2.75, 3.05) is 10.6 Å². The molecule has 2 N–H and O–H groups in total. The Kier molecular flexibility index (Phi) is 3.23. The number of fused-ring (bicyclic) bond motifs is 1. The molecule has 0 amide bonds. The number of para-hydroxylation sites is 1. The van der Waals surface area contributed by atoms with Crippen LogP contribution >= 0.6 is 15.9 Å². The van der Waals surface area contributed by atoms with Crippen molar-refractivity contribution in [3.05, 3.63) is 58.1 Å². The highest BCUT2D eigenvalue weighted by molar-refractivity contribution is 9.10. The molecule has 3 heteroatoms. The largest absolute Gasteiger partial charge is 0.398 e. The summed E-state index contributed by atoms with van der Waals surface area (Å²) >= 11 is 3.61. The standard InChI is InChI=1S/C16H17BrN2/c1-11-9-12-5-2-3-8-16(12)19(11)10-13-14(17)6-4-7-15(13)18/h2-8,11H,9-10,18H2,1H3. The maximum absolute atomic E-state index is 6.11. The molecule has 1 unspecified atom stereocenters. The number of nitrogens with zero attached hydrogens (tertiary/aromatic N) is 1. The lowest BCUT2D eigenvalue weighted by Gasteiger charge is -2.26. The van der Waals surface area contributed by atoms with Crippen molar-refractivity contribution in [3.8, 4) is 0 Å². The van der Waals surface area contributed by atoms with E-state index in [0.29, 0.717) is 6.04 Å². The Balaban J connectivity index is 1.96. The second-order valence-corrected chi connectivity index (χ2v) is 5.97.